The van der Waals surface area contributed by atoms with E-state index in [0.717, 1.165) is 40.1 Å². The number of carbonyl (C=O) groups is 1. The van der Waals surface area contributed by atoms with Crippen molar-refractivity contribution in [2.45, 2.75) is 19.8 Å². The molecule has 1 amide bonds. The summed E-state index contributed by atoms with van der Waals surface area (Å²) in [6.07, 6.45) is 1.79. The van der Waals surface area contributed by atoms with Crippen molar-refractivity contribution in [3.8, 4) is 0 Å². The molecule has 2 aromatic carbocycles. The minimum atomic E-state index is -0.158. The zero-order valence-corrected chi connectivity index (χ0v) is 12.7. The van der Waals surface area contributed by atoms with Crippen molar-refractivity contribution in [2.24, 2.45) is 5.73 Å². The molecule has 4 nitrogen and oxygen atoms in total. The molecule has 0 aliphatic heterocycles. The predicted molar refractivity (Wildman–Crippen MR) is 89.1 cm³/mol. The summed E-state index contributed by atoms with van der Waals surface area (Å²) in [5.41, 5.74) is 7.12. The molecule has 0 saturated carbocycles. The lowest BCUT2D eigenvalue weighted by Gasteiger charge is -2.02. The molecule has 0 radical (unpaired) electrons. The smallest absolute Gasteiger partial charge is 0.287 e. The average Bonchev–Trinajstić information content (AvgIpc) is 2.89. The second kappa shape index (κ2) is 6.20. The van der Waals surface area contributed by atoms with Crippen LogP contribution in [0.3, 0.4) is 0 Å². The number of aryl methyl sites for hydroxylation is 1. The van der Waals surface area contributed by atoms with Gasteiger partial charge in [0.2, 0.25) is 0 Å². The maximum Gasteiger partial charge on any atom is 0.287 e. The van der Waals surface area contributed by atoms with Gasteiger partial charge in [0.25, 0.3) is 5.91 Å². The summed E-state index contributed by atoms with van der Waals surface area (Å²) >= 11 is 0. The molecule has 0 fully saturated rings. The van der Waals surface area contributed by atoms with Gasteiger partial charge in [-0.15, -0.1) is 0 Å². The maximum atomic E-state index is 12.3. The number of unbranched alkanes of at least 4 members (excludes halogenated alkanes) is 1. The Morgan fingerprint density at radius 1 is 1.14 bits per heavy atom. The summed E-state index contributed by atoms with van der Waals surface area (Å²) in [5, 5.41) is 6.03. The number of rotatable bonds is 5. The SMILES string of the molecule is Cc1c(C(=O)NCCCCN)oc2c1ccc1ccccc12. The first kappa shape index (κ1) is 14.6. The lowest BCUT2D eigenvalue weighted by Crippen LogP contribution is -2.25. The van der Waals surface area contributed by atoms with Crippen LogP contribution in [0.4, 0.5) is 0 Å². The van der Waals surface area contributed by atoms with Crippen molar-refractivity contribution in [1.29, 1.82) is 0 Å². The largest absolute Gasteiger partial charge is 0.450 e. The second-order valence-electron chi connectivity index (χ2n) is 5.47. The molecular formula is C18H20N2O2. The van der Waals surface area contributed by atoms with Crippen molar-refractivity contribution in [3.05, 3.63) is 47.7 Å². The van der Waals surface area contributed by atoms with E-state index < -0.39 is 0 Å². The van der Waals surface area contributed by atoms with E-state index in [1.807, 2.05) is 37.3 Å². The van der Waals surface area contributed by atoms with Gasteiger partial charge < -0.3 is 15.5 Å². The van der Waals surface area contributed by atoms with Crippen LogP contribution < -0.4 is 11.1 Å². The standard InChI is InChI=1S/C18H20N2O2/c1-12-14-9-8-13-6-2-3-7-15(13)17(14)22-16(12)18(21)20-11-5-4-10-19/h2-3,6-9H,4-5,10-11,19H2,1H3,(H,20,21). The molecule has 0 saturated heterocycles. The number of furan rings is 1. The third-order valence-electron chi connectivity index (χ3n) is 3.95. The maximum absolute atomic E-state index is 12.3. The lowest BCUT2D eigenvalue weighted by atomic mass is 10.1. The number of fused-ring (bicyclic) bond motifs is 3. The highest BCUT2D eigenvalue weighted by Gasteiger charge is 2.18. The molecule has 0 atom stereocenters. The number of hydrogen-bond donors (Lipinski definition) is 2. The fourth-order valence-corrected chi connectivity index (χ4v) is 2.72. The predicted octanol–water partition coefficient (Wildman–Crippen LogP) is 3.36. The van der Waals surface area contributed by atoms with E-state index in [9.17, 15) is 4.79 Å². The van der Waals surface area contributed by atoms with Gasteiger partial charge in [0.1, 0.15) is 5.58 Å². The van der Waals surface area contributed by atoms with Crippen molar-refractivity contribution in [3.63, 3.8) is 0 Å². The van der Waals surface area contributed by atoms with Gasteiger partial charge in [-0.25, -0.2) is 0 Å². The lowest BCUT2D eigenvalue weighted by molar-refractivity contribution is 0.0927. The average molecular weight is 296 g/mol. The molecule has 4 heteroatoms. The number of amides is 1. The van der Waals surface area contributed by atoms with E-state index in [1.165, 1.54) is 0 Å². The summed E-state index contributed by atoms with van der Waals surface area (Å²) in [6, 6.07) is 12.1. The highest BCUT2D eigenvalue weighted by atomic mass is 16.3. The Hall–Kier alpha value is -2.33. The Balaban J connectivity index is 1.95. The summed E-state index contributed by atoms with van der Waals surface area (Å²) < 4.78 is 5.89. The van der Waals surface area contributed by atoms with E-state index in [4.69, 9.17) is 10.2 Å². The molecular weight excluding hydrogens is 276 g/mol. The molecule has 1 heterocycles. The Labute approximate surface area is 129 Å². The quantitative estimate of drug-likeness (QED) is 0.709. The molecule has 3 rings (SSSR count). The molecule has 3 N–H and O–H groups in total. The highest BCUT2D eigenvalue weighted by Crippen LogP contribution is 2.31. The van der Waals surface area contributed by atoms with Gasteiger partial charge in [-0.2, -0.15) is 0 Å². The van der Waals surface area contributed by atoms with Crippen LogP contribution in [0.15, 0.2) is 40.8 Å². The van der Waals surface area contributed by atoms with Gasteiger partial charge in [0.15, 0.2) is 5.76 Å². The summed E-state index contributed by atoms with van der Waals surface area (Å²) in [7, 11) is 0. The molecule has 0 unspecified atom stereocenters. The van der Waals surface area contributed by atoms with Crippen molar-refractivity contribution < 1.29 is 9.21 Å². The second-order valence-corrected chi connectivity index (χ2v) is 5.47. The Morgan fingerprint density at radius 3 is 2.77 bits per heavy atom. The summed E-state index contributed by atoms with van der Waals surface area (Å²) in [5.74, 6) is 0.244. The first-order valence-corrected chi connectivity index (χ1v) is 7.61. The topological polar surface area (TPSA) is 68.3 Å². The van der Waals surface area contributed by atoms with Crippen LogP contribution in [-0.4, -0.2) is 19.0 Å². The number of nitrogens with one attached hydrogen (secondary N) is 1. The van der Waals surface area contributed by atoms with Crippen LogP contribution in [0.2, 0.25) is 0 Å². The molecule has 0 bridgehead atoms. The van der Waals surface area contributed by atoms with Gasteiger partial charge in [0, 0.05) is 22.9 Å². The van der Waals surface area contributed by atoms with Crippen molar-refractivity contribution >= 4 is 27.6 Å². The number of benzene rings is 2. The number of nitrogens with two attached hydrogens (primary N) is 1. The monoisotopic (exact) mass is 296 g/mol. The van der Waals surface area contributed by atoms with Gasteiger partial charge in [-0.3, -0.25) is 4.79 Å². The third kappa shape index (κ3) is 2.57. The molecule has 22 heavy (non-hydrogen) atoms. The summed E-state index contributed by atoms with van der Waals surface area (Å²) in [6.45, 7) is 3.19. The molecule has 1 aromatic heterocycles. The summed E-state index contributed by atoms with van der Waals surface area (Å²) in [4.78, 5) is 12.3. The van der Waals surface area contributed by atoms with Crippen LogP contribution in [0.25, 0.3) is 21.7 Å². The third-order valence-corrected chi connectivity index (χ3v) is 3.95. The molecule has 114 valence electrons. The first-order valence-electron chi connectivity index (χ1n) is 7.61. The van der Waals surface area contributed by atoms with E-state index in [-0.39, 0.29) is 5.91 Å². The zero-order valence-electron chi connectivity index (χ0n) is 12.7. The molecule has 0 spiro atoms. The van der Waals surface area contributed by atoms with Crippen LogP contribution in [0.5, 0.6) is 0 Å². The molecule has 3 aromatic rings. The van der Waals surface area contributed by atoms with Crippen LogP contribution >= 0.6 is 0 Å². The van der Waals surface area contributed by atoms with Gasteiger partial charge in [0.05, 0.1) is 0 Å². The Kier molecular flexibility index (Phi) is 4.11. The van der Waals surface area contributed by atoms with E-state index in [1.54, 1.807) is 0 Å². The van der Waals surface area contributed by atoms with E-state index in [2.05, 4.69) is 11.4 Å². The van der Waals surface area contributed by atoms with Crippen molar-refractivity contribution in [1.82, 2.24) is 5.32 Å². The highest BCUT2D eigenvalue weighted by molar-refractivity contribution is 6.08. The van der Waals surface area contributed by atoms with Crippen molar-refractivity contribution in [2.75, 3.05) is 13.1 Å². The number of carbonyl (C=O) groups excluding carboxylic acids is 1. The minimum Gasteiger partial charge on any atom is -0.450 e. The van der Waals surface area contributed by atoms with Gasteiger partial charge in [-0.05, 0) is 31.7 Å². The first-order chi connectivity index (χ1) is 10.7. The Bertz CT molecular complexity index is 820. The Morgan fingerprint density at radius 2 is 1.95 bits per heavy atom. The minimum absolute atomic E-state index is 0.158. The van der Waals surface area contributed by atoms with Crippen LogP contribution in [-0.2, 0) is 0 Å². The number of hydrogen-bond acceptors (Lipinski definition) is 3. The van der Waals surface area contributed by atoms with Gasteiger partial charge in [-0.1, -0.05) is 36.4 Å². The van der Waals surface area contributed by atoms with Crippen LogP contribution in [0, 0.1) is 6.92 Å². The van der Waals surface area contributed by atoms with E-state index in [0.29, 0.717) is 18.8 Å². The van der Waals surface area contributed by atoms with E-state index >= 15 is 0 Å². The van der Waals surface area contributed by atoms with Crippen LogP contribution in [0.1, 0.15) is 29.0 Å². The van der Waals surface area contributed by atoms with Gasteiger partial charge >= 0.3 is 0 Å². The zero-order chi connectivity index (χ0) is 15.5. The normalized spacial score (nSPS) is 11.2. The molecule has 0 aliphatic carbocycles. The fourth-order valence-electron chi connectivity index (χ4n) is 2.72. The molecule has 0 aliphatic rings. The fraction of sp³-hybridized carbons (Fsp3) is 0.278.